The molecule has 2 rings (SSSR count). The molecule has 2 aromatic rings. The van der Waals surface area contributed by atoms with Gasteiger partial charge in [0.2, 0.25) is 0 Å². The van der Waals surface area contributed by atoms with Gasteiger partial charge in [0.25, 0.3) is 0 Å². The van der Waals surface area contributed by atoms with E-state index in [-0.39, 0.29) is 11.5 Å². The van der Waals surface area contributed by atoms with Crippen LogP contribution in [-0.2, 0) is 0 Å². The minimum Gasteiger partial charge on any atom is -0.508 e. The number of phenolic OH excluding ortho intramolecular Hbond substituents is 2. The second-order valence-electron chi connectivity index (χ2n) is 4.47. The highest BCUT2D eigenvalue weighted by molar-refractivity contribution is 5.82. The van der Waals surface area contributed by atoms with Crippen LogP contribution in [0.5, 0.6) is 11.5 Å². The Kier molecular flexibility index (Phi) is 3.38. The molecule has 0 bridgehead atoms. The van der Waals surface area contributed by atoms with Crippen molar-refractivity contribution in [1.29, 1.82) is 0 Å². The second-order valence-corrected chi connectivity index (χ2v) is 4.47. The zero-order valence-electron chi connectivity index (χ0n) is 10.5. The molecule has 0 atom stereocenters. The van der Waals surface area contributed by atoms with Crippen LogP contribution in [0.25, 0.3) is 5.57 Å². The number of hydrogen-bond acceptors (Lipinski definition) is 2. The number of benzene rings is 2. The van der Waals surface area contributed by atoms with Crippen LogP contribution in [0.3, 0.4) is 0 Å². The first-order valence-electron chi connectivity index (χ1n) is 5.84. The number of aromatic hydroxyl groups is 2. The number of rotatable bonds is 2. The van der Waals surface area contributed by atoms with Crippen LogP contribution in [0.15, 0.2) is 54.1 Å². The van der Waals surface area contributed by atoms with Gasteiger partial charge in [0, 0.05) is 0 Å². The Bertz CT molecular complexity index is 512. The van der Waals surface area contributed by atoms with Gasteiger partial charge in [-0.05, 0) is 54.8 Å². The van der Waals surface area contributed by atoms with Gasteiger partial charge in [-0.25, -0.2) is 0 Å². The van der Waals surface area contributed by atoms with Gasteiger partial charge in [-0.3, -0.25) is 0 Å². The molecule has 0 unspecified atom stereocenters. The first-order valence-corrected chi connectivity index (χ1v) is 5.84. The van der Waals surface area contributed by atoms with Crippen LogP contribution < -0.4 is 0 Å². The summed E-state index contributed by atoms with van der Waals surface area (Å²) in [5.41, 5.74) is 4.42. The Morgan fingerprint density at radius 3 is 1.28 bits per heavy atom. The van der Waals surface area contributed by atoms with Crippen molar-refractivity contribution >= 4 is 5.57 Å². The molecular weight excluding hydrogens is 224 g/mol. The molecule has 18 heavy (non-hydrogen) atoms. The lowest BCUT2D eigenvalue weighted by atomic mass is 9.94. The van der Waals surface area contributed by atoms with Crippen molar-refractivity contribution < 1.29 is 10.2 Å². The second kappa shape index (κ2) is 4.96. The van der Waals surface area contributed by atoms with Crippen LogP contribution in [0.1, 0.15) is 25.0 Å². The molecule has 0 aliphatic carbocycles. The molecule has 2 heteroatoms. The van der Waals surface area contributed by atoms with Gasteiger partial charge < -0.3 is 10.2 Å². The van der Waals surface area contributed by atoms with E-state index in [1.165, 1.54) is 5.57 Å². The summed E-state index contributed by atoms with van der Waals surface area (Å²) in [6, 6.07) is 14.3. The van der Waals surface area contributed by atoms with E-state index in [0.29, 0.717) is 0 Å². The first kappa shape index (κ1) is 12.2. The van der Waals surface area contributed by atoms with E-state index in [9.17, 15) is 10.2 Å². The third kappa shape index (κ3) is 2.54. The van der Waals surface area contributed by atoms with Gasteiger partial charge in [0.1, 0.15) is 11.5 Å². The summed E-state index contributed by atoms with van der Waals surface area (Å²) >= 11 is 0. The minimum absolute atomic E-state index is 0.262. The molecule has 0 aromatic heterocycles. The molecule has 0 fully saturated rings. The van der Waals surface area contributed by atoms with E-state index in [0.717, 1.165) is 16.7 Å². The summed E-state index contributed by atoms with van der Waals surface area (Å²) in [5.74, 6) is 0.523. The van der Waals surface area contributed by atoms with E-state index in [1.807, 2.05) is 24.3 Å². The van der Waals surface area contributed by atoms with E-state index in [4.69, 9.17) is 0 Å². The van der Waals surface area contributed by atoms with Crippen LogP contribution in [-0.4, -0.2) is 10.2 Å². The van der Waals surface area contributed by atoms with Crippen molar-refractivity contribution in [3.8, 4) is 11.5 Å². The number of allylic oxidation sites excluding steroid dienone is 1. The third-order valence-corrected chi connectivity index (χ3v) is 2.81. The molecule has 0 aliphatic heterocycles. The Labute approximate surface area is 107 Å². The topological polar surface area (TPSA) is 40.5 Å². The van der Waals surface area contributed by atoms with Crippen LogP contribution in [0.4, 0.5) is 0 Å². The van der Waals surface area contributed by atoms with E-state index < -0.39 is 0 Å². The lowest BCUT2D eigenvalue weighted by molar-refractivity contribution is 0.475. The minimum atomic E-state index is 0.262. The lowest BCUT2D eigenvalue weighted by Crippen LogP contribution is -1.90. The fourth-order valence-corrected chi connectivity index (χ4v) is 2.00. The first-order chi connectivity index (χ1) is 8.58. The molecule has 0 radical (unpaired) electrons. The van der Waals surface area contributed by atoms with Crippen molar-refractivity contribution in [3.05, 3.63) is 65.2 Å². The molecule has 0 aliphatic rings. The molecule has 2 nitrogen and oxygen atoms in total. The molecule has 0 spiro atoms. The zero-order chi connectivity index (χ0) is 13.1. The third-order valence-electron chi connectivity index (χ3n) is 2.81. The Balaban J connectivity index is 2.51. The van der Waals surface area contributed by atoms with Crippen molar-refractivity contribution in [1.82, 2.24) is 0 Å². The summed E-state index contributed by atoms with van der Waals surface area (Å²) in [7, 11) is 0. The van der Waals surface area contributed by atoms with E-state index in [1.54, 1.807) is 24.3 Å². The molecule has 0 saturated heterocycles. The quantitative estimate of drug-likeness (QED) is 0.834. The Morgan fingerprint density at radius 1 is 0.667 bits per heavy atom. The van der Waals surface area contributed by atoms with Crippen LogP contribution in [0, 0.1) is 0 Å². The van der Waals surface area contributed by atoms with E-state index in [2.05, 4.69) is 13.8 Å². The molecule has 2 N–H and O–H groups in total. The van der Waals surface area contributed by atoms with Crippen LogP contribution >= 0.6 is 0 Å². The average molecular weight is 240 g/mol. The van der Waals surface area contributed by atoms with Crippen molar-refractivity contribution in [3.63, 3.8) is 0 Å². The predicted octanol–water partition coefficient (Wildman–Crippen LogP) is 3.94. The van der Waals surface area contributed by atoms with Gasteiger partial charge in [-0.15, -0.1) is 0 Å². The monoisotopic (exact) mass is 240 g/mol. The summed E-state index contributed by atoms with van der Waals surface area (Å²) in [6.07, 6.45) is 0. The Hall–Kier alpha value is -2.22. The maximum absolute atomic E-state index is 9.33. The van der Waals surface area contributed by atoms with Crippen molar-refractivity contribution in [2.24, 2.45) is 0 Å². The summed E-state index contributed by atoms with van der Waals surface area (Å²) < 4.78 is 0. The molecule has 0 amide bonds. The fourth-order valence-electron chi connectivity index (χ4n) is 2.00. The molecule has 2 aromatic carbocycles. The highest BCUT2D eigenvalue weighted by Gasteiger charge is 2.07. The van der Waals surface area contributed by atoms with Crippen molar-refractivity contribution in [2.45, 2.75) is 13.8 Å². The maximum Gasteiger partial charge on any atom is 0.115 e. The van der Waals surface area contributed by atoms with Gasteiger partial charge >= 0.3 is 0 Å². The lowest BCUT2D eigenvalue weighted by Gasteiger charge is -2.11. The van der Waals surface area contributed by atoms with Gasteiger partial charge in [-0.1, -0.05) is 29.8 Å². The highest BCUT2D eigenvalue weighted by atomic mass is 16.3. The molecule has 0 heterocycles. The fraction of sp³-hybridized carbons (Fsp3) is 0.125. The van der Waals surface area contributed by atoms with Gasteiger partial charge in [-0.2, -0.15) is 0 Å². The summed E-state index contributed by atoms with van der Waals surface area (Å²) in [5, 5.41) is 18.7. The summed E-state index contributed by atoms with van der Waals surface area (Å²) in [6.45, 7) is 4.10. The van der Waals surface area contributed by atoms with E-state index >= 15 is 0 Å². The highest BCUT2D eigenvalue weighted by Crippen LogP contribution is 2.28. The normalized spacial score (nSPS) is 10.1. The SMILES string of the molecule is CC(C)=C(c1ccc(O)cc1)c1ccc(O)cc1. The molecule has 0 saturated carbocycles. The number of hydrogen-bond donors (Lipinski definition) is 2. The Morgan fingerprint density at radius 2 is 1.00 bits per heavy atom. The van der Waals surface area contributed by atoms with Gasteiger partial charge in [0.05, 0.1) is 0 Å². The molecular formula is C16H16O2. The average Bonchev–Trinajstić information content (AvgIpc) is 2.34. The van der Waals surface area contributed by atoms with Gasteiger partial charge in [0.15, 0.2) is 0 Å². The largest absolute Gasteiger partial charge is 0.508 e. The standard InChI is InChI=1S/C16H16O2/c1-11(2)16(12-3-7-14(17)8-4-12)13-5-9-15(18)10-6-13/h3-10,17-18H,1-2H3. The molecule has 92 valence electrons. The maximum atomic E-state index is 9.33. The van der Waals surface area contributed by atoms with Crippen LogP contribution in [0.2, 0.25) is 0 Å². The predicted molar refractivity (Wildman–Crippen MR) is 73.6 cm³/mol. The van der Waals surface area contributed by atoms with Crippen molar-refractivity contribution in [2.75, 3.05) is 0 Å². The summed E-state index contributed by atoms with van der Waals surface area (Å²) in [4.78, 5) is 0. The number of phenols is 2. The smallest absolute Gasteiger partial charge is 0.115 e. The zero-order valence-corrected chi connectivity index (χ0v) is 10.5.